The van der Waals surface area contributed by atoms with E-state index < -0.39 is 0 Å². The standard InChI is InChI=1S/C18H19N3O3/c1-10-5-6-11(2)14(7-10)9-16(22)19-18-21-20-17(24-18)15-8-12(3)23-13(15)4/h5-8H,9H2,1-4H3,(H,19,21,22). The van der Waals surface area contributed by atoms with Crippen molar-refractivity contribution in [3.63, 3.8) is 0 Å². The second-order valence-corrected chi connectivity index (χ2v) is 5.89. The Hall–Kier alpha value is -2.89. The quantitative estimate of drug-likeness (QED) is 0.790. The molecule has 1 aromatic carbocycles. The van der Waals surface area contributed by atoms with Gasteiger partial charge in [0.1, 0.15) is 11.5 Å². The molecule has 2 aromatic heterocycles. The van der Waals surface area contributed by atoms with Crippen LogP contribution in [0.15, 0.2) is 33.1 Å². The Bertz CT molecular complexity index is 893. The molecule has 124 valence electrons. The summed E-state index contributed by atoms with van der Waals surface area (Å²) >= 11 is 0. The zero-order chi connectivity index (χ0) is 17.3. The first-order valence-corrected chi connectivity index (χ1v) is 7.69. The number of hydrogen-bond acceptors (Lipinski definition) is 5. The van der Waals surface area contributed by atoms with E-state index in [1.165, 1.54) is 0 Å². The summed E-state index contributed by atoms with van der Waals surface area (Å²) in [6.45, 7) is 7.66. The Morgan fingerprint density at radius 1 is 1.08 bits per heavy atom. The third-order valence-electron chi connectivity index (χ3n) is 3.80. The molecule has 3 rings (SSSR count). The molecule has 0 aliphatic rings. The SMILES string of the molecule is Cc1ccc(C)c(CC(=O)Nc2nnc(-c3cc(C)oc3C)o2)c1. The molecule has 0 saturated carbocycles. The lowest BCUT2D eigenvalue weighted by Gasteiger charge is -2.06. The van der Waals surface area contributed by atoms with Crippen LogP contribution in [-0.2, 0) is 11.2 Å². The average molecular weight is 325 g/mol. The van der Waals surface area contributed by atoms with Crippen LogP contribution >= 0.6 is 0 Å². The molecule has 6 nitrogen and oxygen atoms in total. The van der Waals surface area contributed by atoms with E-state index in [1.807, 2.05) is 52.0 Å². The van der Waals surface area contributed by atoms with Gasteiger partial charge in [0.15, 0.2) is 0 Å². The number of anilines is 1. The zero-order valence-corrected chi connectivity index (χ0v) is 14.1. The van der Waals surface area contributed by atoms with Crippen molar-refractivity contribution < 1.29 is 13.6 Å². The number of carbonyl (C=O) groups is 1. The summed E-state index contributed by atoms with van der Waals surface area (Å²) in [5.41, 5.74) is 3.91. The van der Waals surface area contributed by atoms with Gasteiger partial charge in [0.25, 0.3) is 5.89 Å². The van der Waals surface area contributed by atoms with Crippen LogP contribution < -0.4 is 5.32 Å². The minimum absolute atomic E-state index is 0.0820. The van der Waals surface area contributed by atoms with Crippen molar-refractivity contribution in [2.24, 2.45) is 0 Å². The van der Waals surface area contributed by atoms with Gasteiger partial charge in [0, 0.05) is 0 Å². The molecule has 3 aromatic rings. The predicted octanol–water partition coefficient (Wildman–Crippen LogP) is 3.74. The average Bonchev–Trinajstić information content (AvgIpc) is 3.09. The first-order chi connectivity index (χ1) is 11.4. The molecule has 0 unspecified atom stereocenters. The van der Waals surface area contributed by atoms with Crippen LogP contribution in [0.25, 0.3) is 11.5 Å². The first kappa shape index (κ1) is 16.0. The van der Waals surface area contributed by atoms with Gasteiger partial charge in [-0.15, -0.1) is 5.10 Å². The van der Waals surface area contributed by atoms with Crippen LogP contribution in [0, 0.1) is 27.7 Å². The highest BCUT2D eigenvalue weighted by molar-refractivity contribution is 5.90. The molecule has 6 heteroatoms. The number of furan rings is 1. The van der Waals surface area contributed by atoms with Gasteiger partial charge >= 0.3 is 6.01 Å². The fourth-order valence-corrected chi connectivity index (χ4v) is 2.55. The van der Waals surface area contributed by atoms with E-state index in [4.69, 9.17) is 8.83 Å². The number of carbonyl (C=O) groups excluding carboxylic acids is 1. The monoisotopic (exact) mass is 325 g/mol. The maximum absolute atomic E-state index is 12.2. The fraction of sp³-hybridized carbons (Fsp3) is 0.278. The van der Waals surface area contributed by atoms with E-state index in [0.717, 1.165) is 28.0 Å². The van der Waals surface area contributed by atoms with Gasteiger partial charge < -0.3 is 8.83 Å². The molecule has 0 aliphatic carbocycles. The van der Waals surface area contributed by atoms with Gasteiger partial charge in [-0.1, -0.05) is 28.9 Å². The van der Waals surface area contributed by atoms with Crippen molar-refractivity contribution in [2.45, 2.75) is 34.1 Å². The van der Waals surface area contributed by atoms with Crippen LogP contribution in [-0.4, -0.2) is 16.1 Å². The summed E-state index contributed by atoms with van der Waals surface area (Å²) in [5, 5.41) is 10.5. The molecule has 24 heavy (non-hydrogen) atoms. The topological polar surface area (TPSA) is 81.2 Å². The van der Waals surface area contributed by atoms with Crippen molar-refractivity contribution in [3.05, 3.63) is 52.5 Å². The Balaban J connectivity index is 1.71. The lowest BCUT2D eigenvalue weighted by molar-refractivity contribution is -0.115. The molecule has 0 fully saturated rings. The second kappa shape index (κ2) is 6.31. The lowest BCUT2D eigenvalue weighted by Crippen LogP contribution is -2.15. The molecule has 0 atom stereocenters. The van der Waals surface area contributed by atoms with Gasteiger partial charge in [-0.25, -0.2) is 0 Å². The van der Waals surface area contributed by atoms with E-state index in [0.29, 0.717) is 11.7 Å². The number of nitrogens with zero attached hydrogens (tertiary/aromatic N) is 2. The first-order valence-electron chi connectivity index (χ1n) is 7.69. The molecule has 1 N–H and O–H groups in total. The predicted molar refractivity (Wildman–Crippen MR) is 89.7 cm³/mol. The normalized spacial score (nSPS) is 10.8. The summed E-state index contributed by atoms with van der Waals surface area (Å²) in [6, 6.07) is 7.94. The summed E-state index contributed by atoms with van der Waals surface area (Å²) < 4.78 is 11.0. The highest BCUT2D eigenvalue weighted by atomic mass is 16.4. The third-order valence-corrected chi connectivity index (χ3v) is 3.80. The lowest BCUT2D eigenvalue weighted by atomic mass is 10.0. The summed E-state index contributed by atoms with van der Waals surface area (Å²) in [6.07, 6.45) is 0.259. The Morgan fingerprint density at radius 3 is 2.58 bits per heavy atom. The third kappa shape index (κ3) is 3.37. The fourth-order valence-electron chi connectivity index (χ4n) is 2.55. The summed E-state index contributed by atoms with van der Waals surface area (Å²) in [7, 11) is 0. The van der Waals surface area contributed by atoms with E-state index >= 15 is 0 Å². The minimum Gasteiger partial charge on any atom is -0.466 e. The van der Waals surface area contributed by atoms with Crippen molar-refractivity contribution >= 4 is 11.9 Å². The van der Waals surface area contributed by atoms with Crippen LogP contribution in [0.4, 0.5) is 6.01 Å². The molecule has 0 saturated heterocycles. The molecule has 2 heterocycles. The van der Waals surface area contributed by atoms with E-state index in [1.54, 1.807) is 0 Å². The van der Waals surface area contributed by atoms with Crippen LogP contribution in [0.1, 0.15) is 28.2 Å². The second-order valence-electron chi connectivity index (χ2n) is 5.89. The van der Waals surface area contributed by atoms with Crippen LogP contribution in [0.5, 0.6) is 0 Å². The number of hydrogen-bond donors (Lipinski definition) is 1. The van der Waals surface area contributed by atoms with Crippen molar-refractivity contribution in [2.75, 3.05) is 5.32 Å². The summed E-state index contributed by atoms with van der Waals surface area (Å²) in [5.74, 6) is 1.59. The summed E-state index contributed by atoms with van der Waals surface area (Å²) in [4.78, 5) is 12.2. The van der Waals surface area contributed by atoms with Crippen molar-refractivity contribution in [1.82, 2.24) is 10.2 Å². The molecule has 1 amide bonds. The molecular formula is C18H19N3O3. The molecule has 0 spiro atoms. The Morgan fingerprint density at radius 2 is 1.88 bits per heavy atom. The van der Waals surface area contributed by atoms with E-state index in [-0.39, 0.29) is 18.3 Å². The maximum Gasteiger partial charge on any atom is 0.322 e. The number of aromatic nitrogens is 2. The number of nitrogens with one attached hydrogen (secondary N) is 1. The number of aryl methyl sites for hydroxylation is 4. The zero-order valence-electron chi connectivity index (χ0n) is 14.1. The van der Waals surface area contributed by atoms with Gasteiger partial charge in [0.2, 0.25) is 5.91 Å². The van der Waals surface area contributed by atoms with Gasteiger partial charge in [-0.3, -0.25) is 10.1 Å². The van der Waals surface area contributed by atoms with Gasteiger partial charge in [-0.05, 0) is 44.9 Å². The van der Waals surface area contributed by atoms with Crippen LogP contribution in [0.3, 0.4) is 0 Å². The molecule has 0 bridgehead atoms. The molecule has 0 radical (unpaired) electrons. The van der Waals surface area contributed by atoms with Gasteiger partial charge in [0.05, 0.1) is 12.0 Å². The number of benzene rings is 1. The van der Waals surface area contributed by atoms with Crippen LogP contribution in [0.2, 0.25) is 0 Å². The highest BCUT2D eigenvalue weighted by Gasteiger charge is 2.16. The maximum atomic E-state index is 12.2. The van der Waals surface area contributed by atoms with Crippen molar-refractivity contribution in [3.8, 4) is 11.5 Å². The largest absolute Gasteiger partial charge is 0.466 e. The Labute approximate surface area is 139 Å². The Kier molecular flexibility index (Phi) is 4.20. The number of amides is 1. The molecule has 0 aliphatic heterocycles. The van der Waals surface area contributed by atoms with Crippen molar-refractivity contribution in [1.29, 1.82) is 0 Å². The van der Waals surface area contributed by atoms with E-state index in [9.17, 15) is 4.79 Å². The van der Waals surface area contributed by atoms with E-state index in [2.05, 4.69) is 15.5 Å². The smallest absolute Gasteiger partial charge is 0.322 e. The van der Waals surface area contributed by atoms with Gasteiger partial charge in [-0.2, -0.15) is 0 Å². The number of rotatable bonds is 4. The molecular weight excluding hydrogens is 306 g/mol. The minimum atomic E-state index is -0.195. The highest BCUT2D eigenvalue weighted by Crippen LogP contribution is 2.26.